The first-order valence-corrected chi connectivity index (χ1v) is 20.4. The number of nitrogens with one attached hydrogen (secondary N) is 1. The molecule has 0 bridgehead atoms. The van der Waals surface area contributed by atoms with Crippen molar-refractivity contribution in [1.82, 2.24) is 5.32 Å². The van der Waals surface area contributed by atoms with Gasteiger partial charge in [-0.2, -0.15) is 0 Å². The van der Waals surface area contributed by atoms with Crippen molar-refractivity contribution < 1.29 is 25.2 Å². The molecule has 5 N–H and O–H groups in total. The maximum absolute atomic E-state index is 12.3. The first-order chi connectivity index (χ1) is 23.5. The molecule has 0 saturated heterocycles. The lowest BCUT2D eigenvalue weighted by molar-refractivity contribution is -0.132. The summed E-state index contributed by atoms with van der Waals surface area (Å²) in [6, 6.07) is -1.02. The smallest absolute Gasteiger partial charge is 0.249 e. The Morgan fingerprint density at radius 2 is 0.875 bits per heavy atom. The molecule has 48 heavy (non-hydrogen) atoms. The maximum atomic E-state index is 12.3. The van der Waals surface area contributed by atoms with Gasteiger partial charge >= 0.3 is 0 Å². The topological polar surface area (TPSA) is 110 Å². The molecule has 282 valence electrons. The number of aliphatic hydroxyl groups excluding tert-OH is 4. The third-order valence-electron chi connectivity index (χ3n) is 9.31. The van der Waals surface area contributed by atoms with Crippen LogP contribution in [-0.2, 0) is 4.79 Å². The maximum Gasteiger partial charge on any atom is 0.249 e. The quantitative estimate of drug-likeness (QED) is 0.0335. The normalized spacial score (nSPS) is 14.7. The molecule has 4 atom stereocenters. The first kappa shape index (κ1) is 46.5. The van der Waals surface area contributed by atoms with Crippen molar-refractivity contribution >= 4 is 5.91 Å². The van der Waals surface area contributed by atoms with Crippen LogP contribution in [0, 0.1) is 0 Å². The second-order valence-electron chi connectivity index (χ2n) is 14.0. The molecule has 4 unspecified atom stereocenters. The average molecular weight is 678 g/mol. The third-order valence-corrected chi connectivity index (χ3v) is 9.31. The van der Waals surface area contributed by atoms with E-state index in [0.29, 0.717) is 19.3 Å². The number of rotatable bonds is 36. The van der Waals surface area contributed by atoms with Gasteiger partial charge < -0.3 is 25.7 Å². The summed E-state index contributed by atoms with van der Waals surface area (Å²) in [5.74, 6) is -0.636. The van der Waals surface area contributed by atoms with E-state index < -0.39 is 36.9 Å². The molecule has 6 nitrogen and oxygen atoms in total. The zero-order chi connectivity index (χ0) is 35.3. The fraction of sp³-hybridized carbons (Fsp3) is 0.833. The zero-order valence-corrected chi connectivity index (χ0v) is 31.5. The van der Waals surface area contributed by atoms with Gasteiger partial charge in [0.15, 0.2) is 0 Å². The minimum absolute atomic E-state index is 0.274. The SMILES string of the molecule is CCCCCC/C=C\CCC(O)C(=O)NC(CO)C(O)C(O)CCC/C=C/CC/C=C/CCCCCCCCCCCCCCCCC. The minimum Gasteiger partial charge on any atom is -0.394 e. The summed E-state index contributed by atoms with van der Waals surface area (Å²) in [6.07, 6.45) is 42.1. The summed E-state index contributed by atoms with van der Waals surface area (Å²) in [5.41, 5.74) is 0. The molecule has 0 spiro atoms. The number of hydrogen-bond acceptors (Lipinski definition) is 5. The van der Waals surface area contributed by atoms with Crippen LogP contribution in [0.15, 0.2) is 36.5 Å². The van der Waals surface area contributed by atoms with Crippen molar-refractivity contribution in [3.8, 4) is 0 Å². The van der Waals surface area contributed by atoms with Gasteiger partial charge in [-0.1, -0.05) is 159 Å². The molecule has 0 aliphatic rings. The van der Waals surface area contributed by atoms with Gasteiger partial charge in [0.05, 0.1) is 18.8 Å². The van der Waals surface area contributed by atoms with E-state index in [0.717, 1.165) is 32.1 Å². The highest BCUT2D eigenvalue weighted by molar-refractivity contribution is 5.80. The van der Waals surface area contributed by atoms with Crippen molar-refractivity contribution in [3.63, 3.8) is 0 Å². The summed E-state index contributed by atoms with van der Waals surface area (Å²) in [6.45, 7) is 3.95. The molecule has 0 radical (unpaired) electrons. The van der Waals surface area contributed by atoms with E-state index >= 15 is 0 Å². The van der Waals surface area contributed by atoms with Gasteiger partial charge in [-0.3, -0.25) is 4.79 Å². The number of amides is 1. The summed E-state index contributed by atoms with van der Waals surface area (Å²) in [5, 5.41) is 43.2. The van der Waals surface area contributed by atoms with E-state index in [2.05, 4.69) is 49.5 Å². The molecule has 0 aliphatic heterocycles. The molecule has 0 heterocycles. The Balaban J connectivity index is 3.77. The lowest BCUT2D eigenvalue weighted by Gasteiger charge is -2.27. The van der Waals surface area contributed by atoms with Gasteiger partial charge in [0.1, 0.15) is 12.2 Å². The Labute approximate surface area is 297 Å². The molecule has 0 saturated carbocycles. The molecule has 0 aromatic carbocycles. The molecular weight excluding hydrogens is 598 g/mol. The Bertz CT molecular complexity index is 767. The number of unbranched alkanes of at least 4 members (excludes halogenated alkanes) is 21. The van der Waals surface area contributed by atoms with Crippen LogP contribution in [0.25, 0.3) is 0 Å². The highest BCUT2D eigenvalue weighted by atomic mass is 16.3. The average Bonchev–Trinajstić information content (AvgIpc) is 3.09. The highest BCUT2D eigenvalue weighted by Gasteiger charge is 2.28. The monoisotopic (exact) mass is 678 g/mol. The van der Waals surface area contributed by atoms with Crippen LogP contribution < -0.4 is 5.32 Å². The van der Waals surface area contributed by atoms with Gasteiger partial charge in [-0.25, -0.2) is 0 Å². The van der Waals surface area contributed by atoms with Crippen LogP contribution in [0.3, 0.4) is 0 Å². The van der Waals surface area contributed by atoms with Crippen LogP contribution >= 0.6 is 0 Å². The van der Waals surface area contributed by atoms with Crippen LogP contribution in [-0.4, -0.2) is 57.3 Å². The minimum atomic E-state index is -1.30. The molecule has 6 heteroatoms. The first-order valence-electron chi connectivity index (χ1n) is 20.4. The Kier molecular flexibility index (Phi) is 35.7. The molecule has 0 aromatic heterocycles. The fourth-order valence-corrected chi connectivity index (χ4v) is 6.01. The Morgan fingerprint density at radius 3 is 1.33 bits per heavy atom. The third kappa shape index (κ3) is 30.6. The number of carbonyl (C=O) groups excluding carboxylic acids is 1. The second-order valence-corrected chi connectivity index (χ2v) is 14.0. The van der Waals surface area contributed by atoms with E-state index in [1.165, 1.54) is 122 Å². The number of allylic oxidation sites excluding steroid dienone is 6. The predicted molar refractivity (Wildman–Crippen MR) is 205 cm³/mol. The number of carbonyl (C=O) groups is 1. The number of hydrogen-bond donors (Lipinski definition) is 5. The summed E-state index contributed by atoms with van der Waals surface area (Å²) < 4.78 is 0. The summed E-state index contributed by atoms with van der Waals surface area (Å²) in [4.78, 5) is 12.3. The van der Waals surface area contributed by atoms with Gasteiger partial charge in [-0.15, -0.1) is 0 Å². The zero-order valence-electron chi connectivity index (χ0n) is 31.5. The van der Waals surface area contributed by atoms with E-state index in [-0.39, 0.29) is 6.42 Å². The standard InChI is InChI=1S/C42H79NO5/c1-3-5-7-9-11-13-14-15-16-17-18-19-20-21-22-23-24-25-26-27-28-30-31-33-35-39(45)41(47)38(37-44)43-42(48)40(46)36-34-32-29-12-10-8-6-4-2/h24-25,28-30,32,38-41,44-47H,3-23,26-27,31,33-37H2,1-2H3,(H,43,48)/b25-24+,30-28+,32-29-. The second kappa shape index (κ2) is 36.8. The lowest BCUT2D eigenvalue weighted by atomic mass is 10.0. The van der Waals surface area contributed by atoms with E-state index in [9.17, 15) is 25.2 Å². The van der Waals surface area contributed by atoms with Gasteiger partial charge in [0.25, 0.3) is 0 Å². The van der Waals surface area contributed by atoms with Crippen LogP contribution in [0.1, 0.15) is 194 Å². The van der Waals surface area contributed by atoms with Crippen molar-refractivity contribution in [1.29, 1.82) is 0 Å². The highest BCUT2D eigenvalue weighted by Crippen LogP contribution is 2.14. The Morgan fingerprint density at radius 1 is 0.500 bits per heavy atom. The molecule has 0 aromatic rings. The van der Waals surface area contributed by atoms with Crippen molar-refractivity contribution in [2.75, 3.05) is 6.61 Å². The van der Waals surface area contributed by atoms with Gasteiger partial charge in [-0.05, 0) is 70.6 Å². The van der Waals surface area contributed by atoms with Crippen LogP contribution in [0.2, 0.25) is 0 Å². The van der Waals surface area contributed by atoms with Gasteiger partial charge in [0, 0.05) is 0 Å². The summed E-state index contributed by atoms with van der Waals surface area (Å²) >= 11 is 0. The summed E-state index contributed by atoms with van der Waals surface area (Å²) in [7, 11) is 0. The van der Waals surface area contributed by atoms with Crippen molar-refractivity contribution in [2.24, 2.45) is 0 Å². The Hall–Kier alpha value is -1.47. The van der Waals surface area contributed by atoms with Crippen molar-refractivity contribution in [3.05, 3.63) is 36.5 Å². The fourth-order valence-electron chi connectivity index (χ4n) is 6.01. The molecule has 0 fully saturated rings. The van der Waals surface area contributed by atoms with Crippen LogP contribution in [0.5, 0.6) is 0 Å². The molecule has 0 rings (SSSR count). The lowest BCUT2D eigenvalue weighted by Crippen LogP contribution is -2.53. The molecular formula is C42H79NO5. The predicted octanol–water partition coefficient (Wildman–Crippen LogP) is 10.2. The largest absolute Gasteiger partial charge is 0.394 e. The van der Waals surface area contributed by atoms with E-state index in [4.69, 9.17) is 0 Å². The molecule has 1 amide bonds. The number of aliphatic hydroxyl groups is 4. The van der Waals surface area contributed by atoms with Gasteiger partial charge in [0.2, 0.25) is 5.91 Å². The van der Waals surface area contributed by atoms with E-state index in [1.54, 1.807) is 0 Å². The van der Waals surface area contributed by atoms with Crippen LogP contribution in [0.4, 0.5) is 0 Å². The van der Waals surface area contributed by atoms with Crippen molar-refractivity contribution in [2.45, 2.75) is 218 Å². The molecule has 0 aliphatic carbocycles. The van der Waals surface area contributed by atoms with E-state index in [1.807, 2.05) is 6.08 Å².